The van der Waals surface area contributed by atoms with Gasteiger partial charge in [0.15, 0.2) is 5.78 Å². The lowest BCUT2D eigenvalue weighted by molar-refractivity contribution is 0.00307. The Hall–Kier alpha value is -0.860. The van der Waals surface area contributed by atoms with Gasteiger partial charge < -0.3 is 4.74 Å². The van der Waals surface area contributed by atoms with Crippen LogP contribution >= 0.6 is 11.6 Å². The summed E-state index contributed by atoms with van der Waals surface area (Å²) in [6, 6.07) is 6.99. The van der Waals surface area contributed by atoms with Gasteiger partial charge in [-0.1, -0.05) is 23.7 Å². The molecule has 1 aromatic carbocycles. The van der Waals surface area contributed by atoms with Crippen LogP contribution in [0.5, 0.6) is 0 Å². The Kier molecular flexibility index (Phi) is 3.89. The molecule has 3 heteroatoms. The molecule has 0 bridgehead atoms. The van der Waals surface area contributed by atoms with Crippen LogP contribution in [0.4, 0.5) is 0 Å². The molecule has 0 aliphatic carbocycles. The number of ketones is 1. The summed E-state index contributed by atoms with van der Waals surface area (Å²) < 4.78 is 5.39. The maximum absolute atomic E-state index is 11.7. The van der Waals surface area contributed by atoms with Crippen molar-refractivity contribution in [2.24, 2.45) is 0 Å². The lowest BCUT2D eigenvalue weighted by atomic mass is 10.1. The molecule has 1 rings (SSSR count). The summed E-state index contributed by atoms with van der Waals surface area (Å²) >= 11 is 5.89. The van der Waals surface area contributed by atoms with Crippen molar-refractivity contribution in [2.75, 3.05) is 6.61 Å². The Morgan fingerprint density at radius 3 is 2.47 bits per heavy atom. The molecule has 0 fully saturated rings. The average Bonchev–Trinajstić information content (AvgIpc) is 2.14. The highest BCUT2D eigenvalue weighted by Gasteiger charge is 2.15. The van der Waals surface area contributed by atoms with Gasteiger partial charge >= 0.3 is 0 Å². The monoisotopic (exact) mass is 226 g/mol. The molecule has 0 N–H and O–H groups in total. The summed E-state index contributed by atoms with van der Waals surface area (Å²) in [5.74, 6) is -0.0875. The molecule has 0 unspecified atom stereocenters. The number of rotatable bonds is 3. The van der Waals surface area contributed by atoms with Crippen molar-refractivity contribution >= 4 is 17.4 Å². The van der Waals surface area contributed by atoms with E-state index in [1.54, 1.807) is 24.3 Å². The highest BCUT2D eigenvalue weighted by Crippen LogP contribution is 2.16. The van der Waals surface area contributed by atoms with Crippen LogP contribution in [0.2, 0.25) is 5.02 Å². The van der Waals surface area contributed by atoms with Crippen molar-refractivity contribution in [3.05, 3.63) is 34.9 Å². The third kappa shape index (κ3) is 4.02. The standard InChI is InChI=1S/C12H15ClO2/c1-12(2,3)15-8-11(14)9-6-4-5-7-10(9)13/h4-7H,8H2,1-3H3. The maximum atomic E-state index is 11.7. The highest BCUT2D eigenvalue weighted by molar-refractivity contribution is 6.34. The second kappa shape index (κ2) is 4.77. The van der Waals surface area contributed by atoms with Gasteiger partial charge in [0.25, 0.3) is 0 Å². The fourth-order valence-electron chi connectivity index (χ4n) is 1.05. The van der Waals surface area contributed by atoms with Gasteiger partial charge in [-0.25, -0.2) is 0 Å². The Labute approximate surface area is 95.2 Å². The third-order valence-corrected chi connectivity index (χ3v) is 2.14. The molecule has 0 saturated carbocycles. The Morgan fingerprint density at radius 1 is 1.33 bits per heavy atom. The summed E-state index contributed by atoms with van der Waals surface area (Å²) in [4.78, 5) is 11.7. The lowest BCUT2D eigenvalue weighted by Crippen LogP contribution is -2.23. The van der Waals surface area contributed by atoms with Crippen molar-refractivity contribution < 1.29 is 9.53 Å². The Morgan fingerprint density at radius 2 is 1.93 bits per heavy atom. The maximum Gasteiger partial charge on any atom is 0.189 e. The van der Waals surface area contributed by atoms with Crippen molar-refractivity contribution in [1.82, 2.24) is 0 Å². The number of hydrogen-bond acceptors (Lipinski definition) is 2. The number of carbonyl (C=O) groups excluding carboxylic acids is 1. The SMILES string of the molecule is CC(C)(C)OCC(=O)c1ccccc1Cl. The minimum atomic E-state index is -0.309. The van der Waals surface area contributed by atoms with Gasteiger partial charge in [-0.15, -0.1) is 0 Å². The smallest absolute Gasteiger partial charge is 0.189 e. The van der Waals surface area contributed by atoms with E-state index in [1.807, 2.05) is 20.8 Å². The van der Waals surface area contributed by atoms with E-state index in [-0.39, 0.29) is 18.0 Å². The average molecular weight is 227 g/mol. The second-order valence-electron chi connectivity index (χ2n) is 4.30. The van der Waals surface area contributed by atoms with Crippen molar-refractivity contribution in [2.45, 2.75) is 26.4 Å². The van der Waals surface area contributed by atoms with Gasteiger partial charge in [-0.05, 0) is 32.9 Å². The zero-order valence-corrected chi connectivity index (χ0v) is 9.97. The molecule has 82 valence electrons. The molecule has 0 saturated heterocycles. The number of ether oxygens (including phenoxy) is 1. The first-order valence-corrected chi connectivity index (χ1v) is 5.19. The first-order valence-electron chi connectivity index (χ1n) is 4.82. The van der Waals surface area contributed by atoms with Crippen LogP contribution in [0.1, 0.15) is 31.1 Å². The largest absolute Gasteiger partial charge is 0.368 e. The molecule has 0 aromatic heterocycles. The molecule has 0 amide bonds. The minimum absolute atomic E-state index is 0.0627. The number of Topliss-reactive ketones (excluding diaryl/α,β-unsaturated/α-hetero) is 1. The molecule has 0 atom stereocenters. The molecule has 0 aliphatic rings. The van der Waals surface area contributed by atoms with Gasteiger partial charge in [0.2, 0.25) is 0 Å². The van der Waals surface area contributed by atoms with E-state index in [1.165, 1.54) is 0 Å². The molecule has 0 radical (unpaired) electrons. The summed E-state index contributed by atoms with van der Waals surface area (Å²) in [6.45, 7) is 5.79. The number of halogens is 1. The summed E-state index contributed by atoms with van der Waals surface area (Å²) in [7, 11) is 0. The zero-order chi connectivity index (χ0) is 11.5. The van der Waals surface area contributed by atoms with E-state index < -0.39 is 0 Å². The van der Waals surface area contributed by atoms with E-state index in [2.05, 4.69) is 0 Å². The van der Waals surface area contributed by atoms with Crippen LogP contribution in [0.25, 0.3) is 0 Å². The predicted octanol–water partition coefficient (Wildman–Crippen LogP) is 3.34. The number of benzene rings is 1. The molecular formula is C12H15ClO2. The summed E-state index contributed by atoms with van der Waals surface area (Å²) in [5.41, 5.74) is 0.208. The number of carbonyl (C=O) groups is 1. The zero-order valence-electron chi connectivity index (χ0n) is 9.21. The fourth-order valence-corrected chi connectivity index (χ4v) is 1.29. The molecule has 15 heavy (non-hydrogen) atoms. The third-order valence-electron chi connectivity index (χ3n) is 1.81. The van der Waals surface area contributed by atoms with Crippen LogP contribution < -0.4 is 0 Å². The first kappa shape index (κ1) is 12.2. The van der Waals surface area contributed by atoms with Crippen LogP contribution in [0, 0.1) is 0 Å². The molecule has 0 heterocycles. The predicted molar refractivity (Wildman–Crippen MR) is 61.5 cm³/mol. The molecule has 0 aliphatic heterocycles. The fraction of sp³-hybridized carbons (Fsp3) is 0.417. The van der Waals surface area contributed by atoms with Crippen molar-refractivity contribution in [3.63, 3.8) is 0 Å². The normalized spacial score (nSPS) is 11.5. The van der Waals surface area contributed by atoms with E-state index in [4.69, 9.17) is 16.3 Å². The van der Waals surface area contributed by atoms with Crippen molar-refractivity contribution in [3.8, 4) is 0 Å². The van der Waals surface area contributed by atoms with Gasteiger partial charge in [0.1, 0.15) is 6.61 Å². The Bertz CT molecular complexity index is 353. The van der Waals surface area contributed by atoms with Crippen molar-refractivity contribution in [1.29, 1.82) is 0 Å². The van der Waals surface area contributed by atoms with E-state index >= 15 is 0 Å². The van der Waals surface area contributed by atoms with Crippen LogP contribution in [0.15, 0.2) is 24.3 Å². The summed E-state index contributed by atoms with van der Waals surface area (Å²) in [6.07, 6.45) is 0. The van der Waals surface area contributed by atoms with Gasteiger partial charge in [0.05, 0.1) is 10.6 Å². The van der Waals surface area contributed by atoms with E-state index in [0.717, 1.165) is 0 Å². The number of hydrogen-bond donors (Lipinski definition) is 0. The van der Waals surface area contributed by atoms with Gasteiger partial charge in [-0.3, -0.25) is 4.79 Å². The molecular weight excluding hydrogens is 212 g/mol. The van der Waals surface area contributed by atoms with Crippen LogP contribution in [0.3, 0.4) is 0 Å². The lowest BCUT2D eigenvalue weighted by Gasteiger charge is -2.18. The quantitative estimate of drug-likeness (QED) is 0.739. The molecule has 2 nitrogen and oxygen atoms in total. The van der Waals surface area contributed by atoms with Gasteiger partial charge in [0, 0.05) is 5.56 Å². The highest BCUT2D eigenvalue weighted by atomic mass is 35.5. The van der Waals surface area contributed by atoms with Crippen LogP contribution in [-0.2, 0) is 4.74 Å². The Balaban J connectivity index is 2.66. The van der Waals surface area contributed by atoms with Crippen LogP contribution in [-0.4, -0.2) is 18.0 Å². The van der Waals surface area contributed by atoms with E-state index in [9.17, 15) is 4.79 Å². The minimum Gasteiger partial charge on any atom is -0.368 e. The van der Waals surface area contributed by atoms with Gasteiger partial charge in [-0.2, -0.15) is 0 Å². The van der Waals surface area contributed by atoms with E-state index in [0.29, 0.717) is 10.6 Å². The summed E-state index contributed by atoms with van der Waals surface area (Å²) in [5, 5.41) is 0.472. The molecule has 0 spiro atoms. The molecule has 1 aromatic rings. The first-order chi connectivity index (χ1) is 6.90. The topological polar surface area (TPSA) is 26.3 Å². The second-order valence-corrected chi connectivity index (χ2v) is 4.71.